The summed E-state index contributed by atoms with van der Waals surface area (Å²) in [6.45, 7) is 2.83. The summed E-state index contributed by atoms with van der Waals surface area (Å²) in [5, 5.41) is 11.9. The maximum Gasteiger partial charge on any atom is 0.223 e. The molecule has 0 radical (unpaired) electrons. The summed E-state index contributed by atoms with van der Waals surface area (Å²) in [4.78, 5) is 14.0. The molecule has 1 aliphatic heterocycles. The molecule has 1 unspecified atom stereocenters. The molecule has 102 valence electrons. The van der Waals surface area contributed by atoms with Crippen molar-refractivity contribution < 1.29 is 9.21 Å². The number of nitrogens with one attached hydrogen (secondary N) is 1. The molecule has 2 rings (SSSR count). The minimum atomic E-state index is 0.111. The third-order valence-corrected chi connectivity index (χ3v) is 3.40. The smallest absolute Gasteiger partial charge is 0.223 e. The highest BCUT2D eigenvalue weighted by Crippen LogP contribution is 2.15. The van der Waals surface area contributed by atoms with Gasteiger partial charge < -0.3 is 14.6 Å². The molecule has 1 amide bonds. The van der Waals surface area contributed by atoms with E-state index < -0.39 is 0 Å². The van der Waals surface area contributed by atoms with Crippen LogP contribution in [-0.4, -0.2) is 30.4 Å². The standard InChI is InChI=1S/C14H19N3O2/c15-5-2-7-17(11-13-3-1-8-19-13)14(18)9-12-4-6-16-10-12/h1,3,8,12,16H,2,4,6-7,9-11H2. The van der Waals surface area contributed by atoms with Gasteiger partial charge >= 0.3 is 0 Å². The Morgan fingerprint density at radius 3 is 3.16 bits per heavy atom. The van der Waals surface area contributed by atoms with Gasteiger partial charge in [-0.05, 0) is 37.6 Å². The predicted octanol–water partition coefficient (Wildman–Crippen LogP) is 1.52. The Kier molecular flexibility index (Phi) is 4.99. The van der Waals surface area contributed by atoms with Gasteiger partial charge in [-0.25, -0.2) is 0 Å². The van der Waals surface area contributed by atoms with Crippen LogP contribution in [-0.2, 0) is 11.3 Å². The molecule has 1 atom stereocenters. The van der Waals surface area contributed by atoms with Crippen LogP contribution < -0.4 is 5.32 Å². The fourth-order valence-electron chi connectivity index (χ4n) is 2.33. The Bertz CT molecular complexity index is 430. The number of carbonyl (C=O) groups excluding carboxylic acids is 1. The van der Waals surface area contributed by atoms with E-state index in [4.69, 9.17) is 9.68 Å². The van der Waals surface area contributed by atoms with Crippen LogP contribution in [0.5, 0.6) is 0 Å². The maximum absolute atomic E-state index is 12.3. The average Bonchev–Trinajstić information content (AvgIpc) is 3.07. The van der Waals surface area contributed by atoms with Crippen molar-refractivity contribution in [1.82, 2.24) is 10.2 Å². The van der Waals surface area contributed by atoms with Crippen LogP contribution in [0.4, 0.5) is 0 Å². The lowest BCUT2D eigenvalue weighted by Crippen LogP contribution is -2.33. The summed E-state index contributed by atoms with van der Waals surface area (Å²) in [6, 6.07) is 5.75. The molecule has 0 bridgehead atoms. The van der Waals surface area contributed by atoms with Crippen molar-refractivity contribution >= 4 is 5.91 Å². The third-order valence-electron chi connectivity index (χ3n) is 3.40. The Morgan fingerprint density at radius 2 is 2.53 bits per heavy atom. The number of hydrogen-bond donors (Lipinski definition) is 1. The van der Waals surface area contributed by atoms with Gasteiger partial charge in [0.25, 0.3) is 0 Å². The quantitative estimate of drug-likeness (QED) is 0.843. The van der Waals surface area contributed by atoms with Crippen LogP contribution in [0.1, 0.15) is 25.0 Å². The van der Waals surface area contributed by atoms with Crippen LogP contribution in [0, 0.1) is 17.2 Å². The highest BCUT2D eigenvalue weighted by Gasteiger charge is 2.22. The van der Waals surface area contributed by atoms with E-state index in [1.807, 2.05) is 12.1 Å². The summed E-state index contributed by atoms with van der Waals surface area (Å²) in [6.07, 6.45) is 3.57. The molecule has 1 saturated heterocycles. The number of nitrogens with zero attached hydrogens (tertiary/aromatic N) is 2. The molecule has 1 aromatic heterocycles. The fraction of sp³-hybridized carbons (Fsp3) is 0.571. The number of carbonyl (C=O) groups is 1. The van der Waals surface area contributed by atoms with Gasteiger partial charge in [0.05, 0.1) is 25.3 Å². The second kappa shape index (κ2) is 6.95. The van der Waals surface area contributed by atoms with Gasteiger partial charge in [0, 0.05) is 13.0 Å². The van der Waals surface area contributed by atoms with Crippen molar-refractivity contribution in [2.45, 2.75) is 25.8 Å². The number of amides is 1. The largest absolute Gasteiger partial charge is 0.467 e. The van der Waals surface area contributed by atoms with E-state index in [1.54, 1.807) is 11.2 Å². The zero-order valence-corrected chi connectivity index (χ0v) is 11.0. The monoisotopic (exact) mass is 261 g/mol. The second-order valence-electron chi connectivity index (χ2n) is 4.87. The average molecular weight is 261 g/mol. The number of furan rings is 1. The predicted molar refractivity (Wildman–Crippen MR) is 69.9 cm³/mol. The molecule has 19 heavy (non-hydrogen) atoms. The topological polar surface area (TPSA) is 69.3 Å². The van der Waals surface area contributed by atoms with Crippen molar-refractivity contribution in [2.24, 2.45) is 5.92 Å². The maximum atomic E-state index is 12.3. The third kappa shape index (κ3) is 4.11. The molecule has 0 spiro atoms. The van der Waals surface area contributed by atoms with E-state index in [-0.39, 0.29) is 5.91 Å². The molecule has 2 heterocycles. The van der Waals surface area contributed by atoms with Crippen LogP contribution in [0.3, 0.4) is 0 Å². The second-order valence-corrected chi connectivity index (χ2v) is 4.87. The number of rotatable bonds is 6. The molecule has 1 N–H and O–H groups in total. The zero-order chi connectivity index (χ0) is 13.5. The zero-order valence-electron chi connectivity index (χ0n) is 11.0. The lowest BCUT2D eigenvalue weighted by atomic mass is 10.0. The molecule has 5 nitrogen and oxygen atoms in total. The first kappa shape index (κ1) is 13.6. The first-order valence-corrected chi connectivity index (χ1v) is 6.67. The number of hydrogen-bond acceptors (Lipinski definition) is 4. The van der Waals surface area contributed by atoms with E-state index in [0.717, 1.165) is 25.3 Å². The highest BCUT2D eigenvalue weighted by molar-refractivity contribution is 5.76. The van der Waals surface area contributed by atoms with Crippen LogP contribution in [0.15, 0.2) is 22.8 Å². The minimum Gasteiger partial charge on any atom is -0.467 e. The van der Waals surface area contributed by atoms with Gasteiger partial charge in [-0.1, -0.05) is 0 Å². The molecule has 0 saturated carbocycles. The van der Waals surface area contributed by atoms with E-state index in [0.29, 0.717) is 31.8 Å². The summed E-state index contributed by atoms with van der Waals surface area (Å²) < 4.78 is 5.27. The van der Waals surface area contributed by atoms with E-state index in [1.165, 1.54) is 0 Å². The molecular formula is C14H19N3O2. The van der Waals surface area contributed by atoms with Gasteiger partial charge in [-0.3, -0.25) is 4.79 Å². The Morgan fingerprint density at radius 1 is 1.63 bits per heavy atom. The SMILES string of the molecule is N#CCCN(Cc1ccco1)C(=O)CC1CCNC1. The van der Waals surface area contributed by atoms with Gasteiger partial charge in [0.2, 0.25) is 5.91 Å². The van der Waals surface area contributed by atoms with Crippen LogP contribution in [0.25, 0.3) is 0 Å². The van der Waals surface area contributed by atoms with Gasteiger partial charge in [0.1, 0.15) is 5.76 Å². The molecule has 1 aliphatic rings. The molecule has 0 aliphatic carbocycles. The normalized spacial score (nSPS) is 18.2. The Balaban J connectivity index is 1.91. The van der Waals surface area contributed by atoms with Crippen molar-refractivity contribution in [2.75, 3.05) is 19.6 Å². The molecule has 1 aromatic rings. The molecular weight excluding hydrogens is 242 g/mol. The van der Waals surface area contributed by atoms with Crippen LogP contribution >= 0.6 is 0 Å². The highest BCUT2D eigenvalue weighted by atomic mass is 16.3. The van der Waals surface area contributed by atoms with Crippen molar-refractivity contribution in [3.05, 3.63) is 24.2 Å². The van der Waals surface area contributed by atoms with Crippen molar-refractivity contribution in [3.63, 3.8) is 0 Å². The Hall–Kier alpha value is -1.80. The van der Waals surface area contributed by atoms with Gasteiger partial charge in [-0.15, -0.1) is 0 Å². The van der Waals surface area contributed by atoms with Gasteiger partial charge in [-0.2, -0.15) is 5.26 Å². The lowest BCUT2D eigenvalue weighted by molar-refractivity contribution is -0.132. The van der Waals surface area contributed by atoms with E-state index >= 15 is 0 Å². The lowest BCUT2D eigenvalue weighted by Gasteiger charge is -2.22. The summed E-state index contributed by atoms with van der Waals surface area (Å²) in [7, 11) is 0. The molecule has 1 fully saturated rings. The van der Waals surface area contributed by atoms with Crippen LogP contribution in [0.2, 0.25) is 0 Å². The first-order valence-electron chi connectivity index (χ1n) is 6.67. The minimum absolute atomic E-state index is 0.111. The van der Waals surface area contributed by atoms with E-state index in [9.17, 15) is 4.79 Å². The summed E-state index contributed by atoms with van der Waals surface area (Å²) in [5.74, 6) is 1.30. The fourth-order valence-corrected chi connectivity index (χ4v) is 2.33. The first-order chi connectivity index (χ1) is 9.29. The van der Waals surface area contributed by atoms with E-state index in [2.05, 4.69) is 11.4 Å². The van der Waals surface area contributed by atoms with Crippen molar-refractivity contribution in [3.8, 4) is 6.07 Å². The summed E-state index contributed by atoms with van der Waals surface area (Å²) in [5.41, 5.74) is 0. The van der Waals surface area contributed by atoms with Gasteiger partial charge in [0.15, 0.2) is 0 Å². The van der Waals surface area contributed by atoms with Crippen molar-refractivity contribution in [1.29, 1.82) is 5.26 Å². The molecule has 5 heteroatoms. The molecule has 0 aromatic carbocycles. The summed E-state index contributed by atoms with van der Waals surface area (Å²) >= 11 is 0. The number of nitriles is 1. The Labute approximate surface area is 113 Å².